The molecule has 160 valence electrons. The maximum absolute atomic E-state index is 13.2. The van der Waals surface area contributed by atoms with Crippen molar-refractivity contribution in [2.45, 2.75) is 16.9 Å². The molecule has 4 rings (SSSR count). The molecule has 8 nitrogen and oxygen atoms in total. The fraction of sp³-hybridized carbons (Fsp3) is 0.227. The molecule has 0 amide bonds. The van der Waals surface area contributed by atoms with Gasteiger partial charge < -0.3 is 14.1 Å². The molecule has 0 N–H and O–H groups in total. The maximum Gasteiger partial charge on any atom is 0.269 e. The van der Waals surface area contributed by atoms with E-state index < -0.39 is 15.7 Å². The molecular weight excluding hydrogens is 420 g/mol. The topological polar surface area (TPSA) is 103 Å². The van der Waals surface area contributed by atoms with Crippen molar-refractivity contribution in [1.29, 1.82) is 0 Å². The second-order valence-corrected chi connectivity index (χ2v) is 8.51. The summed E-state index contributed by atoms with van der Waals surface area (Å²) in [6.07, 6.45) is 0. The van der Waals surface area contributed by atoms with Crippen molar-refractivity contribution in [3.05, 3.63) is 81.4 Å². The lowest BCUT2D eigenvalue weighted by atomic mass is 10.0. The van der Waals surface area contributed by atoms with Gasteiger partial charge in [0.1, 0.15) is 10.8 Å². The van der Waals surface area contributed by atoms with Crippen LogP contribution in [0.5, 0.6) is 0 Å². The van der Waals surface area contributed by atoms with E-state index in [4.69, 9.17) is 9.15 Å². The van der Waals surface area contributed by atoms with Crippen molar-refractivity contribution in [2.75, 3.05) is 31.2 Å². The minimum atomic E-state index is -1.60. The largest absolute Gasteiger partial charge is 0.431 e. The minimum Gasteiger partial charge on any atom is -0.431 e. The van der Waals surface area contributed by atoms with Gasteiger partial charge in [-0.2, -0.15) is 0 Å². The van der Waals surface area contributed by atoms with Crippen molar-refractivity contribution >= 4 is 28.2 Å². The molecule has 1 unspecified atom stereocenters. The average Bonchev–Trinajstić information content (AvgIpc) is 3.25. The summed E-state index contributed by atoms with van der Waals surface area (Å²) in [5, 5.41) is 11.1. The van der Waals surface area contributed by atoms with Crippen LogP contribution in [0.3, 0.4) is 0 Å². The molecule has 1 saturated heterocycles. The molecule has 31 heavy (non-hydrogen) atoms. The number of hydrogen-bond acceptors (Lipinski definition) is 7. The average molecular weight is 440 g/mol. The smallest absolute Gasteiger partial charge is 0.269 e. The number of carbonyl (C=O) groups is 1. The van der Waals surface area contributed by atoms with Gasteiger partial charge in [-0.3, -0.25) is 14.9 Å². The van der Waals surface area contributed by atoms with Crippen LogP contribution in [-0.2, 0) is 15.5 Å². The standard InChI is InChI=1S/C22H20N2O6S/c1-15-2-8-18(9-3-15)31(28)20-14-19(22(30-20)23-10-12-29-13-11-23)21(25)16-4-6-17(7-5-16)24(26)27/h2-9,14H,10-13H2,1H3. The molecule has 0 spiro atoms. The maximum atomic E-state index is 13.2. The van der Waals surface area contributed by atoms with Crippen molar-refractivity contribution in [3.63, 3.8) is 0 Å². The highest BCUT2D eigenvalue weighted by Crippen LogP contribution is 2.32. The molecule has 9 heteroatoms. The summed E-state index contributed by atoms with van der Waals surface area (Å²) >= 11 is 0. The van der Waals surface area contributed by atoms with Crippen LogP contribution in [0, 0.1) is 17.0 Å². The van der Waals surface area contributed by atoms with E-state index in [2.05, 4.69) is 0 Å². The second kappa shape index (κ2) is 8.83. The molecule has 0 bridgehead atoms. The van der Waals surface area contributed by atoms with E-state index in [0.717, 1.165) is 5.56 Å². The number of furan rings is 1. The Labute approximate surface area is 181 Å². The lowest BCUT2D eigenvalue weighted by Gasteiger charge is -2.27. The zero-order valence-corrected chi connectivity index (χ0v) is 17.6. The lowest BCUT2D eigenvalue weighted by molar-refractivity contribution is -0.384. The highest BCUT2D eigenvalue weighted by molar-refractivity contribution is 7.85. The molecule has 3 aromatic rings. The Morgan fingerprint density at radius 2 is 1.71 bits per heavy atom. The third-order valence-corrected chi connectivity index (χ3v) is 6.26. The monoisotopic (exact) mass is 440 g/mol. The number of nitro groups is 1. The number of anilines is 1. The van der Waals surface area contributed by atoms with Gasteiger partial charge in [0, 0.05) is 41.7 Å². The fourth-order valence-corrected chi connectivity index (χ4v) is 4.28. The number of ether oxygens (including phenoxy) is 1. The first-order chi connectivity index (χ1) is 14.9. The Kier molecular flexibility index (Phi) is 5.97. The Hall–Kier alpha value is -3.30. The van der Waals surface area contributed by atoms with Gasteiger partial charge in [0.05, 0.1) is 23.7 Å². The number of aryl methyl sites for hydroxylation is 1. The van der Waals surface area contributed by atoms with Gasteiger partial charge in [0.15, 0.2) is 10.9 Å². The van der Waals surface area contributed by atoms with E-state index in [-0.39, 0.29) is 27.7 Å². The summed E-state index contributed by atoms with van der Waals surface area (Å²) in [7, 11) is -1.60. The zero-order valence-electron chi connectivity index (χ0n) is 16.8. The van der Waals surface area contributed by atoms with Crippen molar-refractivity contribution in [1.82, 2.24) is 0 Å². The van der Waals surface area contributed by atoms with E-state index in [1.165, 1.54) is 30.3 Å². The summed E-state index contributed by atoms with van der Waals surface area (Å²) in [6.45, 7) is 3.98. The number of carbonyl (C=O) groups excluding carboxylic acids is 1. The van der Waals surface area contributed by atoms with Gasteiger partial charge in [-0.25, -0.2) is 4.21 Å². The number of nitrogens with zero attached hydrogens (tertiary/aromatic N) is 2. The molecule has 1 fully saturated rings. The molecule has 2 aromatic carbocycles. The number of benzene rings is 2. The van der Waals surface area contributed by atoms with Crippen molar-refractivity contribution < 1.29 is 23.1 Å². The number of morpholine rings is 1. The van der Waals surface area contributed by atoms with Crippen LogP contribution in [0.25, 0.3) is 0 Å². The van der Waals surface area contributed by atoms with Crippen LogP contribution in [-0.4, -0.2) is 41.2 Å². The Bertz CT molecular complexity index is 1130. The highest BCUT2D eigenvalue weighted by Gasteiger charge is 2.27. The molecule has 0 saturated carbocycles. The van der Waals surface area contributed by atoms with Crippen LogP contribution in [0.1, 0.15) is 21.5 Å². The van der Waals surface area contributed by atoms with Gasteiger partial charge in [-0.15, -0.1) is 0 Å². The van der Waals surface area contributed by atoms with Gasteiger partial charge in [-0.05, 0) is 31.2 Å². The number of nitro benzene ring substituents is 1. The van der Waals surface area contributed by atoms with E-state index in [1.807, 2.05) is 24.0 Å². The summed E-state index contributed by atoms with van der Waals surface area (Å²) < 4.78 is 24.4. The molecule has 2 heterocycles. The van der Waals surface area contributed by atoms with Crippen LogP contribution < -0.4 is 4.90 Å². The molecular formula is C22H20N2O6S. The highest BCUT2D eigenvalue weighted by atomic mass is 32.2. The molecule has 1 aliphatic heterocycles. The number of non-ortho nitro benzene ring substituents is 1. The molecule has 1 aliphatic rings. The minimum absolute atomic E-state index is 0.0988. The van der Waals surface area contributed by atoms with Gasteiger partial charge in [0.25, 0.3) is 5.69 Å². The van der Waals surface area contributed by atoms with Gasteiger partial charge in [0.2, 0.25) is 5.88 Å². The fourth-order valence-electron chi connectivity index (χ4n) is 3.28. The van der Waals surface area contributed by atoms with Gasteiger partial charge in [-0.1, -0.05) is 17.7 Å². The van der Waals surface area contributed by atoms with E-state index in [1.54, 1.807) is 12.1 Å². The Balaban J connectivity index is 1.72. The molecule has 0 radical (unpaired) electrons. The SMILES string of the molecule is Cc1ccc(S(=O)c2cc(C(=O)c3ccc([N+](=O)[O-])cc3)c(N3CCOCC3)o2)cc1. The summed E-state index contributed by atoms with van der Waals surface area (Å²) in [5.74, 6) is -0.0191. The quantitative estimate of drug-likeness (QED) is 0.327. The Morgan fingerprint density at radius 1 is 1.06 bits per heavy atom. The van der Waals surface area contributed by atoms with Crippen LogP contribution in [0.15, 0.2) is 69.0 Å². The summed E-state index contributed by atoms with van der Waals surface area (Å²) in [4.78, 5) is 26.1. The number of rotatable bonds is 6. The third-order valence-electron chi connectivity index (χ3n) is 4.99. The first-order valence-corrected chi connectivity index (χ1v) is 10.8. The van der Waals surface area contributed by atoms with Crippen LogP contribution >= 0.6 is 0 Å². The first kappa shape index (κ1) is 21.0. The number of hydrogen-bond donors (Lipinski definition) is 0. The first-order valence-electron chi connectivity index (χ1n) is 9.68. The van der Waals surface area contributed by atoms with E-state index >= 15 is 0 Å². The zero-order chi connectivity index (χ0) is 22.0. The predicted molar refractivity (Wildman–Crippen MR) is 114 cm³/mol. The molecule has 1 aromatic heterocycles. The predicted octanol–water partition coefficient (Wildman–Crippen LogP) is 3.73. The second-order valence-electron chi connectivity index (χ2n) is 7.10. The summed E-state index contributed by atoms with van der Waals surface area (Å²) in [5.41, 5.74) is 1.50. The van der Waals surface area contributed by atoms with Gasteiger partial charge >= 0.3 is 0 Å². The molecule has 0 aliphatic carbocycles. The molecule has 1 atom stereocenters. The van der Waals surface area contributed by atoms with Crippen LogP contribution in [0.4, 0.5) is 11.6 Å². The lowest BCUT2D eigenvalue weighted by Crippen LogP contribution is -2.36. The summed E-state index contributed by atoms with van der Waals surface area (Å²) in [6, 6.07) is 14.1. The van der Waals surface area contributed by atoms with Crippen molar-refractivity contribution in [3.8, 4) is 0 Å². The van der Waals surface area contributed by atoms with E-state index in [0.29, 0.717) is 37.1 Å². The van der Waals surface area contributed by atoms with Crippen molar-refractivity contribution in [2.24, 2.45) is 0 Å². The Morgan fingerprint density at radius 3 is 2.32 bits per heavy atom. The number of ketones is 1. The van der Waals surface area contributed by atoms with E-state index in [9.17, 15) is 19.1 Å². The van der Waals surface area contributed by atoms with Crippen LogP contribution in [0.2, 0.25) is 0 Å². The third kappa shape index (κ3) is 4.42. The normalized spacial score (nSPS) is 14.9.